The summed E-state index contributed by atoms with van der Waals surface area (Å²) >= 11 is 1.18. The molecule has 1 aromatic carbocycles. The minimum atomic E-state index is -4.51. The van der Waals surface area contributed by atoms with Crippen molar-refractivity contribution in [3.05, 3.63) is 40.8 Å². The van der Waals surface area contributed by atoms with E-state index < -0.39 is 21.8 Å². The van der Waals surface area contributed by atoms with Crippen LogP contribution >= 0.6 is 11.3 Å². The van der Waals surface area contributed by atoms with Gasteiger partial charge in [0.15, 0.2) is 4.21 Å². The van der Waals surface area contributed by atoms with Crippen LogP contribution in [0, 0.1) is 13.8 Å². The second-order valence-corrected chi connectivity index (χ2v) is 11.6. The van der Waals surface area contributed by atoms with Crippen LogP contribution in [-0.2, 0) is 16.2 Å². The fraction of sp³-hybridized carbons (Fsp3) is 0.476. The Morgan fingerprint density at radius 3 is 2.47 bits per heavy atom. The molecule has 0 amide bonds. The molecule has 1 saturated heterocycles. The zero-order valence-corrected chi connectivity index (χ0v) is 20.6. The Hall–Kier alpha value is -2.35. The molecule has 0 radical (unpaired) electrons. The number of para-hydroxylation sites is 1. The number of halogens is 3. The lowest BCUT2D eigenvalue weighted by Gasteiger charge is -2.35. The second-order valence-electron chi connectivity index (χ2n) is 8.28. The van der Waals surface area contributed by atoms with Crippen LogP contribution in [0.3, 0.4) is 0 Å². The van der Waals surface area contributed by atoms with Crippen molar-refractivity contribution >= 4 is 38.1 Å². The summed E-state index contributed by atoms with van der Waals surface area (Å²) < 4.78 is 67.7. The molecular formula is C21H25F3N6O2S2. The summed E-state index contributed by atoms with van der Waals surface area (Å²) in [5, 5.41) is 4.21. The highest BCUT2D eigenvalue weighted by Crippen LogP contribution is 2.35. The summed E-state index contributed by atoms with van der Waals surface area (Å²) in [7, 11) is -3.57. The third kappa shape index (κ3) is 5.02. The number of aryl methyl sites for hydroxylation is 2. The van der Waals surface area contributed by atoms with E-state index in [1.807, 2.05) is 6.92 Å². The molecule has 0 aliphatic carbocycles. The van der Waals surface area contributed by atoms with Gasteiger partial charge in [0.05, 0.1) is 21.8 Å². The van der Waals surface area contributed by atoms with Crippen molar-refractivity contribution in [1.82, 2.24) is 24.2 Å². The summed E-state index contributed by atoms with van der Waals surface area (Å²) in [6.07, 6.45) is -3.38. The summed E-state index contributed by atoms with van der Waals surface area (Å²) in [5.74, 6) is 0.334. The van der Waals surface area contributed by atoms with Crippen molar-refractivity contribution in [3.63, 3.8) is 0 Å². The molecule has 3 aromatic rings. The van der Waals surface area contributed by atoms with Crippen molar-refractivity contribution in [2.24, 2.45) is 0 Å². The van der Waals surface area contributed by atoms with E-state index >= 15 is 0 Å². The summed E-state index contributed by atoms with van der Waals surface area (Å²) in [6.45, 7) is 7.79. The van der Waals surface area contributed by atoms with Crippen molar-refractivity contribution < 1.29 is 21.6 Å². The largest absolute Gasteiger partial charge is 0.418 e. The number of rotatable bonds is 6. The van der Waals surface area contributed by atoms with Crippen molar-refractivity contribution in [3.8, 4) is 0 Å². The van der Waals surface area contributed by atoms with E-state index in [0.29, 0.717) is 58.8 Å². The zero-order chi connectivity index (χ0) is 24.7. The van der Waals surface area contributed by atoms with E-state index in [2.05, 4.69) is 25.2 Å². The van der Waals surface area contributed by atoms with E-state index in [9.17, 15) is 21.6 Å². The maximum Gasteiger partial charge on any atom is 0.418 e. The third-order valence-electron chi connectivity index (χ3n) is 5.65. The highest BCUT2D eigenvalue weighted by atomic mass is 32.2. The lowest BCUT2D eigenvalue weighted by atomic mass is 10.1. The first-order valence-electron chi connectivity index (χ1n) is 10.7. The average molecular weight is 515 g/mol. The van der Waals surface area contributed by atoms with Gasteiger partial charge in [-0.05, 0) is 32.9 Å². The van der Waals surface area contributed by atoms with Gasteiger partial charge >= 0.3 is 6.18 Å². The molecular weight excluding hydrogens is 489 g/mol. The number of alkyl halides is 3. The zero-order valence-electron chi connectivity index (χ0n) is 18.9. The van der Waals surface area contributed by atoms with E-state index in [-0.39, 0.29) is 11.6 Å². The van der Waals surface area contributed by atoms with Gasteiger partial charge in [0.1, 0.15) is 12.1 Å². The molecule has 184 valence electrons. The van der Waals surface area contributed by atoms with E-state index in [1.54, 1.807) is 19.9 Å². The Morgan fingerprint density at radius 2 is 1.85 bits per heavy atom. The van der Waals surface area contributed by atoms with Crippen molar-refractivity contribution in [2.75, 3.05) is 38.0 Å². The van der Waals surface area contributed by atoms with Gasteiger partial charge in [-0.15, -0.1) is 11.3 Å². The number of thiazole rings is 1. The Kier molecular flexibility index (Phi) is 6.82. The van der Waals surface area contributed by atoms with Crippen molar-refractivity contribution in [2.45, 2.75) is 37.2 Å². The number of anilines is 1. The molecule has 0 spiro atoms. The van der Waals surface area contributed by atoms with Gasteiger partial charge < -0.3 is 5.32 Å². The molecule has 1 fully saturated rings. The molecule has 1 atom stereocenters. The molecule has 3 heterocycles. The number of benzene rings is 1. The van der Waals surface area contributed by atoms with Crippen LogP contribution in [0.1, 0.15) is 23.2 Å². The third-order valence-corrected chi connectivity index (χ3v) is 9.21. The van der Waals surface area contributed by atoms with Gasteiger partial charge in [0.25, 0.3) is 10.0 Å². The number of hydrogen-bond acceptors (Lipinski definition) is 8. The SMILES string of the molecule is Cc1nc(C)c(S(=O)(=O)N2CCN(C[C@H](C)Nc3ncnc4c(C(F)(F)F)cccc34)CC2)s1. The lowest BCUT2D eigenvalue weighted by Crippen LogP contribution is -2.50. The van der Waals surface area contributed by atoms with E-state index in [1.165, 1.54) is 21.7 Å². The van der Waals surface area contributed by atoms with Crippen LogP contribution < -0.4 is 5.32 Å². The molecule has 1 aliphatic rings. The lowest BCUT2D eigenvalue weighted by molar-refractivity contribution is -0.136. The first kappa shape index (κ1) is 24.8. The normalized spacial score (nSPS) is 17.2. The van der Waals surface area contributed by atoms with Crippen LogP contribution in [-0.4, -0.2) is 71.3 Å². The fourth-order valence-corrected chi connectivity index (χ4v) is 7.16. The Balaban J connectivity index is 1.40. The number of hydrogen-bond donors (Lipinski definition) is 1. The van der Waals surface area contributed by atoms with Crippen LogP contribution in [0.2, 0.25) is 0 Å². The van der Waals surface area contributed by atoms with Gasteiger partial charge in [-0.1, -0.05) is 6.07 Å². The first-order valence-corrected chi connectivity index (χ1v) is 13.0. The summed E-state index contributed by atoms with van der Waals surface area (Å²) in [4.78, 5) is 14.4. The minimum absolute atomic E-state index is 0.137. The number of nitrogens with one attached hydrogen (secondary N) is 1. The van der Waals surface area contributed by atoms with Crippen molar-refractivity contribution in [1.29, 1.82) is 0 Å². The van der Waals surface area contributed by atoms with Crippen LogP contribution in [0.4, 0.5) is 19.0 Å². The van der Waals surface area contributed by atoms with Crippen LogP contribution in [0.15, 0.2) is 28.7 Å². The topological polar surface area (TPSA) is 91.3 Å². The highest BCUT2D eigenvalue weighted by Gasteiger charge is 2.34. The predicted octanol–water partition coefficient (Wildman–Crippen LogP) is 3.53. The van der Waals surface area contributed by atoms with E-state index in [0.717, 1.165) is 12.4 Å². The maximum absolute atomic E-state index is 13.3. The second kappa shape index (κ2) is 9.36. The molecule has 0 saturated carbocycles. The molecule has 4 rings (SSSR count). The number of fused-ring (bicyclic) bond motifs is 1. The molecule has 1 N–H and O–H groups in total. The van der Waals surface area contributed by atoms with Gasteiger partial charge in [-0.25, -0.2) is 23.4 Å². The number of sulfonamides is 1. The highest BCUT2D eigenvalue weighted by molar-refractivity contribution is 7.91. The number of piperazine rings is 1. The Labute approximate surface area is 199 Å². The van der Waals surface area contributed by atoms with Crippen LogP contribution in [0.25, 0.3) is 10.9 Å². The average Bonchev–Trinajstić information content (AvgIpc) is 3.12. The summed E-state index contributed by atoms with van der Waals surface area (Å²) in [6, 6.07) is 3.77. The Morgan fingerprint density at radius 1 is 1.15 bits per heavy atom. The molecule has 0 unspecified atom stereocenters. The standard InChI is InChI=1S/C21H25F3N6O2S2/c1-13(27-19-16-5-4-6-17(21(22,23)24)18(16)25-12-26-19)11-29-7-9-30(10-8-29)34(31,32)20-14(2)28-15(3)33-20/h4-6,12-13H,7-11H2,1-3H3,(H,25,26,27)/t13-/m0/s1. The summed E-state index contributed by atoms with van der Waals surface area (Å²) in [5.41, 5.74) is -0.424. The first-order chi connectivity index (χ1) is 16.0. The van der Waals surface area contributed by atoms with Crippen LogP contribution in [0.5, 0.6) is 0 Å². The fourth-order valence-electron chi connectivity index (χ4n) is 4.12. The van der Waals surface area contributed by atoms with Gasteiger partial charge in [-0.2, -0.15) is 17.5 Å². The van der Waals surface area contributed by atoms with E-state index in [4.69, 9.17) is 0 Å². The van der Waals surface area contributed by atoms with Gasteiger partial charge in [0, 0.05) is 44.2 Å². The Bertz CT molecular complexity index is 1290. The maximum atomic E-state index is 13.3. The quantitative estimate of drug-likeness (QED) is 0.538. The minimum Gasteiger partial charge on any atom is -0.366 e. The van der Waals surface area contributed by atoms with Gasteiger partial charge in [-0.3, -0.25) is 4.90 Å². The molecule has 13 heteroatoms. The molecule has 34 heavy (non-hydrogen) atoms. The molecule has 2 aromatic heterocycles. The molecule has 8 nitrogen and oxygen atoms in total. The molecule has 0 bridgehead atoms. The van der Waals surface area contributed by atoms with Gasteiger partial charge in [0.2, 0.25) is 0 Å². The molecule has 1 aliphatic heterocycles. The predicted molar refractivity (Wildman–Crippen MR) is 124 cm³/mol. The number of nitrogens with zero attached hydrogens (tertiary/aromatic N) is 5. The smallest absolute Gasteiger partial charge is 0.366 e. The monoisotopic (exact) mass is 514 g/mol. The number of aromatic nitrogens is 3.